The number of hydrogen-bond donors (Lipinski definition) is 3. The van der Waals surface area contributed by atoms with Gasteiger partial charge in [0.15, 0.2) is 5.82 Å². The maximum Gasteiger partial charge on any atom is 0.150 e. The lowest BCUT2D eigenvalue weighted by molar-refractivity contribution is 0.192. The molecule has 0 saturated carbocycles. The highest BCUT2D eigenvalue weighted by atomic mass is 32.1. The third-order valence-electron chi connectivity index (χ3n) is 3.28. The number of fused-ring (bicyclic) bond motifs is 1. The van der Waals surface area contributed by atoms with E-state index in [0.29, 0.717) is 16.6 Å². The molecular weight excluding hydrogens is 289 g/mol. The number of aliphatic hydroxyl groups is 1. The molecule has 0 radical (unpaired) electrons. The fourth-order valence-electron chi connectivity index (χ4n) is 2.19. The highest BCUT2D eigenvalue weighted by molar-refractivity contribution is 7.07. The Bertz CT molecular complexity index is 761. The van der Waals surface area contributed by atoms with E-state index in [1.165, 1.54) is 17.4 Å². The third kappa shape index (κ3) is 2.68. The van der Waals surface area contributed by atoms with Crippen molar-refractivity contribution >= 4 is 33.6 Å². The van der Waals surface area contributed by atoms with Gasteiger partial charge in [-0.2, -0.15) is 11.3 Å². The van der Waals surface area contributed by atoms with E-state index in [9.17, 15) is 9.50 Å². The topological polar surface area (TPSA) is 71.2 Å². The largest absolute Gasteiger partial charge is 0.398 e. The van der Waals surface area contributed by atoms with Crippen LogP contribution < -0.4 is 11.1 Å². The van der Waals surface area contributed by atoms with Crippen molar-refractivity contribution in [3.05, 3.63) is 52.6 Å². The summed E-state index contributed by atoms with van der Waals surface area (Å²) in [4.78, 5) is 4.18. The van der Waals surface area contributed by atoms with Crippen LogP contribution in [0.15, 0.2) is 41.2 Å². The van der Waals surface area contributed by atoms with E-state index in [0.717, 1.165) is 5.56 Å². The van der Waals surface area contributed by atoms with Gasteiger partial charge in [-0.3, -0.25) is 4.98 Å². The summed E-state index contributed by atoms with van der Waals surface area (Å²) in [5.74, 6) is -0.476. The lowest BCUT2D eigenvalue weighted by Gasteiger charge is -2.14. The number of nitrogen functional groups attached to an aromatic ring is 1. The van der Waals surface area contributed by atoms with Gasteiger partial charge in [-0.05, 0) is 40.6 Å². The van der Waals surface area contributed by atoms with Crippen LogP contribution in [0.3, 0.4) is 0 Å². The number of benzene rings is 1. The fourth-order valence-corrected chi connectivity index (χ4v) is 2.89. The van der Waals surface area contributed by atoms with Crippen LogP contribution in [0, 0.1) is 5.82 Å². The van der Waals surface area contributed by atoms with Crippen molar-refractivity contribution in [2.45, 2.75) is 6.10 Å². The minimum Gasteiger partial charge on any atom is -0.398 e. The molecule has 0 saturated heterocycles. The number of halogens is 1. The highest BCUT2D eigenvalue weighted by Crippen LogP contribution is 2.30. The number of nitrogens with zero attached hydrogens (tertiary/aromatic N) is 1. The van der Waals surface area contributed by atoms with Gasteiger partial charge in [-0.1, -0.05) is 0 Å². The standard InChI is InChI=1S/C15H14FN3OS/c16-11-6-12(17)10-2-1-4-18-14(10)15(11)19-7-13(20)9-3-5-21-8-9/h1-6,8,13,19-20H,7,17H2. The first-order valence-corrected chi connectivity index (χ1v) is 7.38. The van der Waals surface area contributed by atoms with E-state index in [-0.39, 0.29) is 12.2 Å². The van der Waals surface area contributed by atoms with Crippen molar-refractivity contribution in [3.8, 4) is 0 Å². The molecular formula is C15H14FN3OS. The molecule has 2 aromatic heterocycles. The van der Waals surface area contributed by atoms with Crippen molar-refractivity contribution in [3.63, 3.8) is 0 Å². The Balaban J connectivity index is 1.90. The number of nitrogens with one attached hydrogen (secondary N) is 1. The summed E-state index contributed by atoms with van der Waals surface area (Å²) >= 11 is 1.51. The maximum atomic E-state index is 14.1. The average molecular weight is 303 g/mol. The third-order valence-corrected chi connectivity index (χ3v) is 3.98. The number of aliphatic hydroxyl groups excluding tert-OH is 1. The van der Waals surface area contributed by atoms with Crippen molar-refractivity contribution in [2.75, 3.05) is 17.6 Å². The predicted molar refractivity (Wildman–Crippen MR) is 83.9 cm³/mol. The normalized spacial score (nSPS) is 12.5. The zero-order chi connectivity index (χ0) is 14.8. The first kappa shape index (κ1) is 13.8. The Kier molecular flexibility index (Phi) is 3.72. The molecule has 0 amide bonds. The van der Waals surface area contributed by atoms with E-state index in [4.69, 9.17) is 5.73 Å². The number of pyridine rings is 1. The maximum absolute atomic E-state index is 14.1. The number of rotatable bonds is 4. The summed E-state index contributed by atoms with van der Waals surface area (Å²) in [5.41, 5.74) is 7.68. The molecule has 108 valence electrons. The van der Waals surface area contributed by atoms with Gasteiger partial charge in [0.25, 0.3) is 0 Å². The van der Waals surface area contributed by atoms with Crippen LogP contribution in [0.25, 0.3) is 10.9 Å². The number of hydrogen-bond acceptors (Lipinski definition) is 5. The van der Waals surface area contributed by atoms with Crippen LogP contribution in [-0.2, 0) is 0 Å². The minimum absolute atomic E-state index is 0.198. The summed E-state index contributed by atoms with van der Waals surface area (Å²) < 4.78 is 14.1. The molecule has 4 nitrogen and oxygen atoms in total. The number of anilines is 2. The van der Waals surface area contributed by atoms with E-state index < -0.39 is 11.9 Å². The Morgan fingerprint density at radius 2 is 2.29 bits per heavy atom. The van der Waals surface area contributed by atoms with E-state index in [1.807, 2.05) is 16.8 Å². The molecule has 0 bridgehead atoms. The fraction of sp³-hybridized carbons (Fsp3) is 0.133. The second-order valence-electron chi connectivity index (χ2n) is 4.68. The van der Waals surface area contributed by atoms with Gasteiger partial charge in [0, 0.05) is 23.8 Å². The van der Waals surface area contributed by atoms with Gasteiger partial charge in [-0.25, -0.2) is 4.39 Å². The molecule has 1 unspecified atom stereocenters. The number of aromatic nitrogens is 1. The molecule has 1 aromatic carbocycles. The lowest BCUT2D eigenvalue weighted by atomic mass is 10.1. The van der Waals surface area contributed by atoms with Crippen molar-refractivity contribution in [2.24, 2.45) is 0 Å². The molecule has 2 heterocycles. The van der Waals surface area contributed by atoms with Crippen LogP contribution in [0.1, 0.15) is 11.7 Å². The molecule has 4 N–H and O–H groups in total. The molecule has 0 aliphatic rings. The summed E-state index contributed by atoms with van der Waals surface area (Å²) in [6.07, 6.45) is 0.883. The summed E-state index contributed by atoms with van der Waals surface area (Å²) in [7, 11) is 0. The molecule has 3 rings (SSSR count). The quantitative estimate of drug-likeness (QED) is 0.647. The van der Waals surface area contributed by atoms with Gasteiger partial charge >= 0.3 is 0 Å². The van der Waals surface area contributed by atoms with Gasteiger partial charge in [0.2, 0.25) is 0 Å². The predicted octanol–water partition coefficient (Wildman–Crippen LogP) is 3.16. The molecule has 21 heavy (non-hydrogen) atoms. The van der Waals surface area contributed by atoms with E-state index in [1.54, 1.807) is 18.3 Å². The Labute approximate surface area is 125 Å². The molecule has 0 spiro atoms. The summed E-state index contributed by atoms with van der Waals surface area (Å²) in [6.45, 7) is 0.198. The SMILES string of the molecule is Nc1cc(F)c(NCC(O)c2ccsc2)c2ncccc12. The highest BCUT2D eigenvalue weighted by Gasteiger charge is 2.14. The van der Waals surface area contributed by atoms with Crippen molar-refractivity contribution in [1.29, 1.82) is 0 Å². The molecule has 6 heteroatoms. The van der Waals surface area contributed by atoms with Crippen molar-refractivity contribution < 1.29 is 9.50 Å². The van der Waals surface area contributed by atoms with Crippen LogP contribution in [0.5, 0.6) is 0 Å². The van der Waals surface area contributed by atoms with E-state index >= 15 is 0 Å². The molecule has 0 aliphatic heterocycles. The monoisotopic (exact) mass is 303 g/mol. The second-order valence-corrected chi connectivity index (χ2v) is 5.46. The smallest absolute Gasteiger partial charge is 0.150 e. The molecule has 0 aliphatic carbocycles. The Morgan fingerprint density at radius 1 is 1.43 bits per heavy atom. The summed E-state index contributed by atoms with van der Waals surface area (Å²) in [6, 6.07) is 6.65. The minimum atomic E-state index is -0.702. The molecule has 1 atom stereocenters. The second kappa shape index (κ2) is 5.67. The zero-order valence-corrected chi connectivity index (χ0v) is 11.9. The van der Waals surface area contributed by atoms with Crippen LogP contribution in [0.4, 0.5) is 15.8 Å². The van der Waals surface area contributed by atoms with Gasteiger partial charge in [-0.15, -0.1) is 0 Å². The van der Waals surface area contributed by atoms with Crippen molar-refractivity contribution in [1.82, 2.24) is 4.98 Å². The first-order chi connectivity index (χ1) is 10.2. The van der Waals surface area contributed by atoms with E-state index in [2.05, 4.69) is 10.3 Å². The van der Waals surface area contributed by atoms with Crippen LogP contribution in [0.2, 0.25) is 0 Å². The lowest BCUT2D eigenvalue weighted by Crippen LogP contribution is -2.13. The van der Waals surface area contributed by atoms with Crippen LogP contribution >= 0.6 is 11.3 Å². The van der Waals surface area contributed by atoms with Crippen LogP contribution in [-0.4, -0.2) is 16.6 Å². The average Bonchev–Trinajstić information content (AvgIpc) is 3.01. The number of thiophene rings is 1. The molecule has 0 fully saturated rings. The zero-order valence-electron chi connectivity index (χ0n) is 11.1. The Morgan fingerprint density at radius 3 is 3.05 bits per heavy atom. The number of nitrogens with two attached hydrogens (primary N) is 1. The van der Waals surface area contributed by atoms with Gasteiger partial charge in [0.05, 0.1) is 17.3 Å². The van der Waals surface area contributed by atoms with Gasteiger partial charge < -0.3 is 16.2 Å². The summed E-state index contributed by atoms with van der Waals surface area (Å²) in [5, 5.41) is 17.4. The molecule has 3 aromatic rings. The van der Waals surface area contributed by atoms with Gasteiger partial charge in [0.1, 0.15) is 0 Å². The first-order valence-electron chi connectivity index (χ1n) is 6.43. The Hall–Kier alpha value is -2.18.